The summed E-state index contributed by atoms with van der Waals surface area (Å²) in [6, 6.07) is 5.72. The first-order valence-electron chi connectivity index (χ1n) is 20.4. The number of hydrogen-bond donors (Lipinski definition) is 4. The number of hydrogen-bond acceptors (Lipinski definition) is 11. The Balaban J connectivity index is 0.000000179. The maximum absolute atomic E-state index is 12.9. The highest BCUT2D eigenvalue weighted by molar-refractivity contribution is 7.90. The Kier molecular flexibility index (Phi) is 12.5. The fourth-order valence-corrected chi connectivity index (χ4v) is 10.8. The van der Waals surface area contributed by atoms with Crippen molar-refractivity contribution in [2.75, 3.05) is 17.7 Å². The highest BCUT2D eigenvalue weighted by Gasteiger charge is 2.32. The number of fused-ring (bicyclic) bond motifs is 4. The predicted molar refractivity (Wildman–Crippen MR) is 221 cm³/mol. The molecule has 1 fully saturated rings. The van der Waals surface area contributed by atoms with Gasteiger partial charge in [-0.2, -0.15) is 36.6 Å². The number of amides is 5. The van der Waals surface area contributed by atoms with Gasteiger partial charge in [0.1, 0.15) is 5.69 Å². The van der Waals surface area contributed by atoms with Crippen LogP contribution in [0.4, 0.5) is 21.0 Å². The number of rotatable bonds is 8. The van der Waals surface area contributed by atoms with Crippen LogP contribution in [0.3, 0.4) is 0 Å². The molecule has 2 aromatic carbocycles. The molecule has 324 valence electrons. The van der Waals surface area contributed by atoms with Gasteiger partial charge in [-0.15, -0.1) is 0 Å². The van der Waals surface area contributed by atoms with E-state index < -0.39 is 32.1 Å². The lowest BCUT2D eigenvalue weighted by atomic mass is 9.92. The van der Waals surface area contributed by atoms with Gasteiger partial charge in [-0.05, 0) is 147 Å². The first kappa shape index (κ1) is 43.2. The zero-order valence-electron chi connectivity index (χ0n) is 34.3. The average molecular weight is 876 g/mol. The summed E-state index contributed by atoms with van der Waals surface area (Å²) in [5.41, 5.74) is 11.4. The second-order valence-corrected chi connectivity index (χ2v) is 19.2. The highest BCUT2D eigenvalue weighted by atomic mass is 32.2. The molecular formula is C41H49N9O9S2. The van der Waals surface area contributed by atoms with Gasteiger partial charge in [0.2, 0.25) is 0 Å². The molecule has 0 atom stereocenters. The topological polar surface area (TPSA) is 241 Å². The number of aryl methyl sites for hydroxylation is 6. The monoisotopic (exact) mass is 875 g/mol. The van der Waals surface area contributed by atoms with Crippen molar-refractivity contribution in [3.8, 4) is 0 Å². The molecule has 0 bridgehead atoms. The largest absolute Gasteiger partial charge is 0.373 e. The maximum atomic E-state index is 12.9. The van der Waals surface area contributed by atoms with Gasteiger partial charge in [0.05, 0.1) is 0 Å². The Morgan fingerprint density at radius 1 is 0.656 bits per heavy atom. The van der Waals surface area contributed by atoms with E-state index in [1.807, 2.05) is 0 Å². The van der Waals surface area contributed by atoms with Gasteiger partial charge in [-0.3, -0.25) is 14.2 Å². The molecule has 0 saturated heterocycles. The Morgan fingerprint density at radius 2 is 1.08 bits per heavy atom. The van der Waals surface area contributed by atoms with Crippen molar-refractivity contribution in [2.24, 2.45) is 14.1 Å². The molecule has 5 aliphatic rings. The lowest BCUT2D eigenvalue weighted by Gasteiger charge is -2.34. The number of aromatic nitrogens is 4. The summed E-state index contributed by atoms with van der Waals surface area (Å²) >= 11 is 0. The standard InChI is InChI=1S/C23H29N5O4S.C17H20N4O3S.CO2/c1-27(16-8-5-9-16)22(29)19-13-20(25-28(19)2)33(31,32)26-23(30)24-21-17-10-3-6-14(17)12-15-7-4-11-18(15)21;1-21-9-8-15(19-21)25(23,24)20-17(22)18-16-13-6-2-4-11(13)10-12-5-3-7-14(12)16;2-1-3/h12-13,16H,3-11H2,1-2H3,(H2,24,26,30);8-10H,2-7H2,1H3,(H2,18,20,22);. The van der Waals surface area contributed by atoms with E-state index >= 15 is 0 Å². The average Bonchev–Trinajstić information content (AvgIpc) is 4.03. The van der Waals surface area contributed by atoms with E-state index in [9.17, 15) is 31.2 Å². The van der Waals surface area contributed by atoms with Crippen LogP contribution in [-0.2, 0) is 95.1 Å². The minimum Gasteiger partial charge on any atom is -0.337 e. The van der Waals surface area contributed by atoms with Gasteiger partial charge in [0.25, 0.3) is 26.0 Å². The third kappa shape index (κ3) is 9.11. The van der Waals surface area contributed by atoms with E-state index in [1.165, 1.54) is 57.0 Å². The highest BCUT2D eigenvalue weighted by Crippen LogP contribution is 2.40. The van der Waals surface area contributed by atoms with Crippen LogP contribution in [0.15, 0.2) is 40.5 Å². The number of benzene rings is 2. The minimum atomic E-state index is -4.25. The molecule has 18 nitrogen and oxygen atoms in total. The van der Waals surface area contributed by atoms with Gasteiger partial charge >= 0.3 is 18.2 Å². The molecule has 2 heterocycles. The number of carbonyl (C=O) groups is 3. The second-order valence-electron chi connectivity index (χ2n) is 16.0. The smallest absolute Gasteiger partial charge is 0.337 e. The number of anilines is 2. The quantitative estimate of drug-likeness (QED) is 0.198. The van der Waals surface area contributed by atoms with E-state index in [0.29, 0.717) is 0 Å². The summed E-state index contributed by atoms with van der Waals surface area (Å²) < 4.78 is 57.1. The molecule has 20 heteroatoms. The van der Waals surface area contributed by atoms with E-state index in [1.54, 1.807) is 19.0 Å². The Morgan fingerprint density at radius 3 is 1.46 bits per heavy atom. The first-order valence-corrected chi connectivity index (χ1v) is 23.4. The van der Waals surface area contributed by atoms with E-state index in [2.05, 4.69) is 42.4 Å². The fraction of sp³-hybridized carbons (Fsp3) is 0.463. The van der Waals surface area contributed by atoms with E-state index in [4.69, 9.17) is 9.59 Å². The summed E-state index contributed by atoms with van der Waals surface area (Å²) in [4.78, 5) is 55.8. The number of carbonyl (C=O) groups excluding carboxylic acids is 5. The molecule has 0 aliphatic heterocycles. The maximum Gasteiger partial charge on any atom is 0.373 e. The third-order valence-electron chi connectivity index (χ3n) is 12.1. The van der Waals surface area contributed by atoms with Crippen molar-refractivity contribution in [3.05, 3.63) is 80.7 Å². The zero-order chi connectivity index (χ0) is 43.6. The molecule has 4 N–H and O–H groups in total. The van der Waals surface area contributed by atoms with Crippen LogP contribution in [0, 0.1) is 0 Å². The van der Waals surface area contributed by atoms with Crippen molar-refractivity contribution >= 4 is 55.5 Å². The molecule has 9 rings (SSSR count). The molecule has 5 aliphatic carbocycles. The summed E-state index contributed by atoms with van der Waals surface area (Å²) in [6.07, 6.45) is 16.6. The fourth-order valence-electron chi connectivity index (χ4n) is 8.99. The summed E-state index contributed by atoms with van der Waals surface area (Å²) in [5, 5.41) is 13.0. The summed E-state index contributed by atoms with van der Waals surface area (Å²) in [5.74, 6) is -0.281. The molecule has 5 amide bonds. The molecule has 2 aromatic heterocycles. The predicted octanol–water partition coefficient (Wildman–Crippen LogP) is 3.86. The number of nitrogens with zero attached hydrogens (tertiary/aromatic N) is 5. The van der Waals surface area contributed by atoms with Crippen molar-refractivity contribution in [1.82, 2.24) is 33.9 Å². The van der Waals surface area contributed by atoms with Crippen LogP contribution in [0.2, 0.25) is 0 Å². The van der Waals surface area contributed by atoms with Gasteiger partial charge in [-0.1, -0.05) is 12.1 Å². The molecule has 1 saturated carbocycles. The van der Waals surface area contributed by atoms with Crippen LogP contribution in [0.1, 0.15) is 99.9 Å². The molecule has 0 unspecified atom stereocenters. The summed E-state index contributed by atoms with van der Waals surface area (Å²) in [7, 11) is -3.36. The SMILES string of the molecule is CN(C(=O)c1cc(S(=O)(=O)NC(=O)Nc2c3c(cc4c2CCC4)CCC3)nn1C)C1CCC1.Cn1ccc(S(=O)(=O)NC(=O)Nc2c3c(cc4c2CCC4)CCC3)n1.O=C=O. The van der Waals surface area contributed by atoms with Gasteiger partial charge in [0.15, 0.2) is 10.1 Å². The Bertz CT molecular complexity index is 2600. The van der Waals surface area contributed by atoms with Crippen molar-refractivity contribution < 1.29 is 40.8 Å². The molecular weight excluding hydrogens is 827 g/mol. The summed E-state index contributed by atoms with van der Waals surface area (Å²) in [6.45, 7) is 0. The third-order valence-corrected chi connectivity index (χ3v) is 14.6. The Labute approximate surface area is 353 Å². The van der Waals surface area contributed by atoms with Crippen molar-refractivity contribution in [3.63, 3.8) is 0 Å². The molecule has 4 aromatic rings. The van der Waals surface area contributed by atoms with Gasteiger partial charge in [-0.25, -0.2) is 19.0 Å². The van der Waals surface area contributed by atoms with Gasteiger partial charge < -0.3 is 15.5 Å². The van der Waals surface area contributed by atoms with E-state index in [0.717, 1.165) is 130 Å². The lowest BCUT2D eigenvalue weighted by molar-refractivity contribution is -0.191. The molecule has 61 heavy (non-hydrogen) atoms. The van der Waals surface area contributed by atoms with Crippen molar-refractivity contribution in [2.45, 2.75) is 112 Å². The van der Waals surface area contributed by atoms with Crippen LogP contribution in [-0.4, -0.2) is 78.5 Å². The lowest BCUT2D eigenvalue weighted by Crippen LogP contribution is -2.41. The van der Waals surface area contributed by atoms with Crippen LogP contribution in [0.5, 0.6) is 0 Å². The zero-order valence-corrected chi connectivity index (χ0v) is 35.9. The normalized spacial score (nSPS) is 15.9. The van der Waals surface area contributed by atoms with Crippen LogP contribution in [0.25, 0.3) is 0 Å². The Hall–Kier alpha value is -5.85. The second kappa shape index (κ2) is 17.6. The number of urea groups is 2. The first-order chi connectivity index (χ1) is 29.1. The minimum absolute atomic E-state index is 0.170. The van der Waals surface area contributed by atoms with Crippen LogP contribution < -0.4 is 20.1 Å². The number of nitrogens with one attached hydrogen (secondary N) is 4. The van der Waals surface area contributed by atoms with Crippen LogP contribution >= 0.6 is 0 Å². The van der Waals surface area contributed by atoms with Crippen molar-refractivity contribution in [1.29, 1.82) is 0 Å². The van der Waals surface area contributed by atoms with Gasteiger partial charge in [0, 0.05) is 50.8 Å². The molecule has 0 spiro atoms. The van der Waals surface area contributed by atoms with E-state index in [-0.39, 0.29) is 33.8 Å². The molecule has 0 radical (unpaired) electrons. The number of sulfonamides is 2.